The van der Waals surface area contributed by atoms with Gasteiger partial charge in [0.25, 0.3) is 0 Å². The number of hydrogen-bond acceptors (Lipinski definition) is 6. The fraction of sp³-hybridized carbons (Fsp3) is 0.692. The standard InChI is InChI=1S/C13H20ClN3O2S/c1-3-19-12(18)8-10(13-15-9-11(14)20-13)17-6-4-16(2)5-7-17/h9-10H,3-8H2,1-2H3. The Hall–Kier alpha value is -0.690. The predicted octanol–water partition coefficient (Wildman–Crippen LogP) is 2.04. The van der Waals surface area contributed by atoms with Crippen LogP contribution in [-0.2, 0) is 9.53 Å². The van der Waals surface area contributed by atoms with Crippen molar-refractivity contribution in [1.29, 1.82) is 0 Å². The van der Waals surface area contributed by atoms with E-state index in [9.17, 15) is 4.79 Å². The first-order valence-corrected chi connectivity index (χ1v) is 7.99. The number of halogens is 1. The molecule has 112 valence electrons. The number of carbonyl (C=O) groups is 1. The molecule has 1 aliphatic heterocycles. The minimum atomic E-state index is -0.178. The largest absolute Gasteiger partial charge is 0.466 e. The lowest BCUT2D eigenvalue weighted by Crippen LogP contribution is -2.46. The van der Waals surface area contributed by atoms with E-state index < -0.39 is 0 Å². The van der Waals surface area contributed by atoms with Crippen LogP contribution in [0.4, 0.5) is 0 Å². The van der Waals surface area contributed by atoms with E-state index in [0.29, 0.717) is 17.4 Å². The van der Waals surface area contributed by atoms with Crippen molar-refractivity contribution >= 4 is 28.9 Å². The molecule has 1 saturated heterocycles. The molecule has 7 heteroatoms. The summed E-state index contributed by atoms with van der Waals surface area (Å²) in [5.41, 5.74) is 0. The zero-order chi connectivity index (χ0) is 14.5. The number of hydrogen-bond donors (Lipinski definition) is 0. The minimum Gasteiger partial charge on any atom is -0.466 e. The second-order valence-electron chi connectivity index (χ2n) is 4.87. The fourth-order valence-electron chi connectivity index (χ4n) is 2.30. The molecule has 2 heterocycles. The summed E-state index contributed by atoms with van der Waals surface area (Å²) in [6.07, 6.45) is 1.98. The van der Waals surface area contributed by atoms with Gasteiger partial charge < -0.3 is 9.64 Å². The summed E-state index contributed by atoms with van der Waals surface area (Å²) in [4.78, 5) is 20.8. The van der Waals surface area contributed by atoms with Gasteiger partial charge in [-0.1, -0.05) is 11.6 Å². The topological polar surface area (TPSA) is 45.7 Å². The van der Waals surface area contributed by atoms with Gasteiger partial charge in [0.2, 0.25) is 0 Å². The van der Waals surface area contributed by atoms with Gasteiger partial charge in [0, 0.05) is 26.2 Å². The van der Waals surface area contributed by atoms with E-state index in [1.807, 2.05) is 6.92 Å². The molecule has 5 nitrogen and oxygen atoms in total. The number of likely N-dealkylation sites (N-methyl/N-ethyl adjacent to an activating group) is 1. The average molecular weight is 318 g/mol. The average Bonchev–Trinajstić information content (AvgIpc) is 2.84. The highest BCUT2D eigenvalue weighted by atomic mass is 35.5. The molecular formula is C13H20ClN3O2S. The van der Waals surface area contributed by atoms with Crippen molar-refractivity contribution in [2.75, 3.05) is 39.8 Å². The first-order valence-electron chi connectivity index (χ1n) is 6.79. The van der Waals surface area contributed by atoms with Crippen LogP contribution in [0.25, 0.3) is 0 Å². The van der Waals surface area contributed by atoms with Crippen LogP contribution in [-0.4, -0.2) is 60.6 Å². The van der Waals surface area contributed by atoms with Gasteiger partial charge in [0.15, 0.2) is 0 Å². The molecule has 1 unspecified atom stereocenters. The molecule has 2 rings (SSSR count). The van der Waals surface area contributed by atoms with Crippen LogP contribution in [0.3, 0.4) is 0 Å². The Morgan fingerprint density at radius 2 is 2.20 bits per heavy atom. The number of aromatic nitrogens is 1. The molecule has 20 heavy (non-hydrogen) atoms. The lowest BCUT2D eigenvalue weighted by molar-refractivity contribution is -0.144. The molecule has 0 aliphatic carbocycles. The summed E-state index contributed by atoms with van der Waals surface area (Å²) in [6, 6.07) is -0.0275. The zero-order valence-corrected chi connectivity index (χ0v) is 13.4. The maximum Gasteiger partial charge on any atom is 0.307 e. The van der Waals surface area contributed by atoms with Crippen LogP contribution in [0, 0.1) is 0 Å². The second kappa shape index (κ2) is 7.36. The number of piperazine rings is 1. The van der Waals surface area contributed by atoms with Gasteiger partial charge in [-0.3, -0.25) is 9.69 Å². The highest BCUT2D eigenvalue weighted by molar-refractivity contribution is 7.15. The summed E-state index contributed by atoms with van der Waals surface area (Å²) in [5, 5.41) is 0.896. The summed E-state index contributed by atoms with van der Waals surface area (Å²) >= 11 is 7.42. The Bertz CT molecular complexity index is 447. The van der Waals surface area contributed by atoms with E-state index >= 15 is 0 Å². The van der Waals surface area contributed by atoms with Gasteiger partial charge in [-0.2, -0.15) is 0 Å². The number of nitrogens with zero attached hydrogens (tertiary/aromatic N) is 3. The second-order valence-corrected chi connectivity index (χ2v) is 6.56. The van der Waals surface area contributed by atoms with Gasteiger partial charge in [0.05, 0.1) is 25.3 Å². The molecule has 1 aliphatic rings. The number of carbonyl (C=O) groups excluding carboxylic acids is 1. The number of ether oxygens (including phenoxy) is 1. The molecule has 1 aromatic heterocycles. The molecule has 0 bridgehead atoms. The van der Waals surface area contributed by atoms with E-state index in [1.165, 1.54) is 11.3 Å². The van der Waals surface area contributed by atoms with Gasteiger partial charge in [-0.25, -0.2) is 4.98 Å². The Kier molecular flexibility index (Phi) is 5.77. The van der Waals surface area contributed by atoms with Crippen molar-refractivity contribution in [1.82, 2.24) is 14.8 Å². The van der Waals surface area contributed by atoms with E-state index in [4.69, 9.17) is 16.3 Å². The van der Waals surface area contributed by atoms with Crippen LogP contribution in [0.2, 0.25) is 4.34 Å². The Balaban J connectivity index is 2.09. The highest BCUT2D eigenvalue weighted by Crippen LogP contribution is 2.31. The van der Waals surface area contributed by atoms with Gasteiger partial charge in [0.1, 0.15) is 9.34 Å². The molecular weight excluding hydrogens is 298 g/mol. The lowest BCUT2D eigenvalue weighted by atomic mass is 10.1. The van der Waals surface area contributed by atoms with E-state index in [0.717, 1.165) is 31.2 Å². The van der Waals surface area contributed by atoms with Crippen molar-refractivity contribution in [3.63, 3.8) is 0 Å². The predicted molar refractivity (Wildman–Crippen MR) is 80.2 cm³/mol. The summed E-state index contributed by atoms with van der Waals surface area (Å²) in [7, 11) is 2.11. The molecule has 0 saturated carbocycles. The monoisotopic (exact) mass is 317 g/mol. The molecule has 1 aromatic rings. The third-order valence-electron chi connectivity index (χ3n) is 3.42. The molecule has 1 atom stereocenters. The minimum absolute atomic E-state index is 0.0275. The zero-order valence-electron chi connectivity index (χ0n) is 11.8. The maximum absolute atomic E-state index is 11.8. The summed E-state index contributed by atoms with van der Waals surface area (Å²) < 4.78 is 5.74. The van der Waals surface area contributed by atoms with Crippen molar-refractivity contribution < 1.29 is 9.53 Å². The molecule has 0 amide bonds. The normalized spacial score (nSPS) is 18.9. The molecule has 0 aromatic carbocycles. The first kappa shape index (κ1) is 15.7. The Morgan fingerprint density at radius 3 is 2.75 bits per heavy atom. The first-order chi connectivity index (χ1) is 9.60. The van der Waals surface area contributed by atoms with E-state index in [1.54, 1.807) is 6.20 Å². The van der Waals surface area contributed by atoms with Crippen molar-refractivity contribution in [3.05, 3.63) is 15.5 Å². The third kappa shape index (κ3) is 4.15. The van der Waals surface area contributed by atoms with Crippen LogP contribution in [0.15, 0.2) is 6.20 Å². The van der Waals surface area contributed by atoms with Gasteiger partial charge >= 0.3 is 5.97 Å². The molecule has 0 spiro atoms. The molecule has 0 radical (unpaired) electrons. The summed E-state index contributed by atoms with van der Waals surface area (Å²) in [6.45, 7) is 6.09. The quantitative estimate of drug-likeness (QED) is 0.778. The smallest absolute Gasteiger partial charge is 0.307 e. The van der Waals surface area contributed by atoms with Crippen LogP contribution >= 0.6 is 22.9 Å². The van der Waals surface area contributed by atoms with Crippen LogP contribution in [0.1, 0.15) is 24.4 Å². The summed E-state index contributed by atoms with van der Waals surface area (Å²) in [5.74, 6) is -0.178. The Morgan fingerprint density at radius 1 is 1.50 bits per heavy atom. The highest BCUT2D eigenvalue weighted by Gasteiger charge is 2.28. The SMILES string of the molecule is CCOC(=O)CC(c1ncc(Cl)s1)N1CCN(C)CC1. The van der Waals surface area contributed by atoms with E-state index in [-0.39, 0.29) is 12.0 Å². The van der Waals surface area contributed by atoms with Crippen molar-refractivity contribution in [3.8, 4) is 0 Å². The Labute approximate surface area is 128 Å². The van der Waals surface area contributed by atoms with Crippen molar-refractivity contribution in [2.24, 2.45) is 0 Å². The van der Waals surface area contributed by atoms with Crippen LogP contribution < -0.4 is 0 Å². The van der Waals surface area contributed by atoms with E-state index in [2.05, 4.69) is 21.8 Å². The van der Waals surface area contributed by atoms with Crippen molar-refractivity contribution in [2.45, 2.75) is 19.4 Å². The number of rotatable bonds is 5. The maximum atomic E-state index is 11.8. The van der Waals surface area contributed by atoms with Crippen LogP contribution in [0.5, 0.6) is 0 Å². The third-order valence-corrected chi connectivity index (χ3v) is 4.64. The fourth-order valence-corrected chi connectivity index (χ4v) is 3.37. The lowest BCUT2D eigenvalue weighted by Gasteiger charge is -2.36. The molecule has 1 fully saturated rings. The van der Waals surface area contributed by atoms with Gasteiger partial charge in [-0.15, -0.1) is 11.3 Å². The number of thiazole rings is 1. The number of esters is 1. The molecule has 0 N–H and O–H groups in total. The van der Waals surface area contributed by atoms with Gasteiger partial charge in [-0.05, 0) is 14.0 Å².